The first-order valence-corrected chi connectivity index (χ1v) is 6.32. The third kappa shape index (κ3) is 4.85. The van der Waals surface area contributed by atoms with Gasteiger partial charge < -0.3 is 15.4 Å². The number of hydrogen-bond donors (Lipinski definition) is 1. The van der Waals surface area contributed by atoms with Crippen molar-refractivity contribution in [2.75, 3.05) is 24.6 Å². The van der Waals surface area contributed by atoms with E-state index in [2.05, 4.69) is 0 Å². The number of benzene rings is 1. The van der Waals surface area contributed by atoms with Crippen molar-refractivity contribution in [3.8, 4) is 0 Å². The number of carbonyl (C=O) groups is 1. The Morgan fingerprint density at radius 3 is 2.56 bits per heavy atom. The molecule has 0 bridgehead atoms. The summed E-state index contributed by atoms with van der Waals surface area (Å²) in [5.74, 6) is -0.0247. The minimum absolute atomic E-state index is 0.0247. The highest BCUT2D eigenvalue weighted by Gasteiger charge is 2.15. The summed E-state index contributed by atoms with van der Waals surface area (Å²) in [7, 11) is 0. The van der Waals surface area contributed by atoms with Gasteiger partial charge in [0.1, 0.15) is 6.61 Å². The summed E-state index contributed by atoms with van der Waals surface area (Å²) in [6, 6.07) is 9.61. The van der Waals surface area contributed by atoms with Crippen LogP contribution in [0.4, 0.5) is 5.69 Å². The van der Waals surface area contributed by atoms with E-state index in [4.69, 9.17) is 10.5 Å². The zero-order valence-electron chi connectivity index (χ0n) is 11.1. The third-order valence-corrected chi connectivity index (χ3v) is 2.49. The van der Waals surface area contributed by atoms with E-state index in [0.717, 1.165) is 12.1 Å². The van der Waals surface area contributed by atoms with E-state index in [9.17, 15) is 4.79 Å². The van der Waals surface area contributed by atoms with Crippen LogP contribution in [0, 0.1) is 0 Å². The van der Waals surface area contributed by atoms with E-state index in [1.165, 1.54) is 0 Å². The van der Waals surface area contributed by atoms with Gasteiger partial charge in [-0.1, -0.05) is 18.2 Å². The monoisotopic (exact) mass is 250 g/mol. The normalized spacial score (nSPS) is 10.7. The lowest BCUT2D eigenvalue weighted by atomic mass is 10.2. The maximum atomic E-state index is 12.1. The molecule has 0 aromatic heterocycles. The predicted octanol–water partition coefficient (Wildman–Crippen LogP) is 1.79. The number of anilines is 1. The van der Waals surface area contributed by atoms with Crippen molar-refractivity contribution in [2.24, 2.45) is 5.73 Å². The van der Waals surface area contributed by atoms with E-state index in [1.54, 1.807) is 4.90 Å². The Morgan fingerprint density at radius 1 is 1.33 bits per heavy atom. The van der Waals surface area contributed by atoms with Crippen molar-refractivity contribution in [1.82, 2.24) is 0 Å². The van der Waals surface area contributed by atoms with E-state index in [0.29, 0.717) is 13.1 Å². The molecule has 0 aliphatic carbocycles. The molecule has 0 fully saturated rings. The Bertz CT molecular complexity index is 352. The van der Waals surface area contributed by atoms with Crippen LogP contribution >= 0.6 is 0 Å². The lowest BCUT2D eigenvalue weighted by molar-refractivity contribution is -0.124. The molecule has 0 aliphatic heterocycles. The summed E-state index contributed by atoms with van der Waals surface area (Å²) in [6.07, 6.45) is 0.837. The molecule has 4 heteroatoms. The molecule has 4 nitrogen and oxygen atoms in total. The van der Waals surface area contributed by atoms with Gasteiger partial charge in [-0.15, -0.1) is 0 Å². The highest BCUT2D eigenvalue weighted by molar-refractivity contribution is 5.94. The third-order valence-electron chi connectivity index (χ3n) is 2.49. The molecule has 0 aliphatic rings. The molecule has 100 valence electrons. The van der Waals surface area contributed by atoms with Crippen molar-refractivity contribution >= 4 is 11.6 Å². The second-order valence-electron chi connectivity index (χ2n) is 4.38. The molecule has 1 rings (SSSR count). The smallest absolute Gasteiger partial charge is 0.252 e. The number of carbonyl (C=O) groups excluding carboxylic acids is 1. The molecule has 1 amide bonds. The molecule has 0 saturated carbocycles. The van der Waals surface area contributed by atoms with Gasteiger partial charge in [0.15, 0.2) is 0 Å². The van der Waals surface area contributed by atoms with Crippen molar-refractivity contribution in [2.45, 2.75) is 26.4 Å². The van der Waals surface area contributed by atoms with Crippen LogP contribution in [0.5, 0.6) is 0 Å². The molecule has 0 spiro atoms. The van der Waals surface area contributed by atoms with Gasteiger partial charge >= 0.3 is 0 Å². The summed E-state index contributed by atoms with van der Waals surface area (Å²) < 4.78 is 5.36. The number of nitrogens with two attached hydrogens (primary N) is 1. The first-order chi connectivity index (χ1) is 8.65. The molecule has 0 radical (unpaired) electrons. The van der Waals surface area contributed by atoms with Gasteiger partial charge in [-0.2, -0.15) is 0 Å². The Kier molecular flexibility index (Phi) is 6.39. The molecule has 0 atom stereocenters. The van der Waals surface area contributed by atoms with Gasteiger partial charge in [0.2, 0.25) is 0 Å². The SMILES string of the molecule is CC(C)OCC(=O)N(CCCN)c1ccccc1. The van der Waals surface area contributed by atoms with Crippen LogP contribution in [-0.2, 0) is 9.53 Å². The fourth-order valence-electron chi connectivity index (χ4n) is 1.57. The Balaban J connectivity index is 2.69. The van der Waals surface area contributed by atoms with Crippen LogP contribution in [-0.4, -0.2) is 31.7 Å². The summed E-state index contributed by atoms with van der Waals surface area (Å²) in [5.41, 5.74) is 6.40. The quantitative estimate of drug-likeness (QED) is 0.802. The largest absolute Gasteiger partial charge is 0.369 e. The fraction of sp³-hybridized carbons (Fsp3) is 0.500. The number of nitrogens with zero attached hydrogens (tertiary/aromatic N) is 1. The highest BCUT2D eigenvalue weighted by Crippen LogP contribution is 2.14. The first-order valence-electron chi connectivity index (χ1n) is 6.32. The summed E-state index contributed by atoms with van der Waals surface area (Å²) in [5, 5.41) is 0. The summed E-state index contributed by atoms with van der Waals surface area (Å²) >= 11 is 0. The van der Waals surface area contributed by atoms with Crippen LogP contribution in [0.25, 0.3) is 0 Å². The van der Waals surface area contributed by atoms with Crippen molar-refractivity contribution in [1.29, 1.82) is 0 Å². The molecular formula is C14H22N2O2. The van der Waals surface area contributed by atoms with E-state index < -0.39 is 0 Å². The van der Waals surface area contributed by atoms with E-state index in [1.807, 2.05) is 44.2 Å². The van der Waals surface area contributed by atoms with Gasteiger partial charge in [-0.3, -0.25) is 4.79 Å². The van der Waals surface area contributed by atoms with E-state index >= 15 is 0 Å². The molecule has 1 aromatic carbocycles. The lowest BCUT2D eigenvalue weighted by Crippen LogP contribution is -2.36. The van der Waals surface area contributed by atoms with Crippen LogP contribution in [0.3, 0.4) is 0 Å². The number of amides is 1. The van der Waals surface area contributed by atoms with Gasteiger partial charge in [0.05, 0.1) is 6.10 Å². The van der Waals surface area contributed by atoms with Gasteiger partial charge in [-0.05, 0) is 38.9 Å². The topological polar surface area (TPSA) is 55.6 Å². The number of hydrogen-bond acceptors (Lipinski definition) is 3. The van der Waals surface area contributed by atoms with Gasteiger partial charge in [-0.25, -0.2) is 0 Å². The van der Waals surface area contributed by atoms with Gasteiger partial charge in [0.25, 0.3) is 5.91 Å². The Hall–Kier alpha value is -1.39. The molecular weight excluding hydrogens is 228 g/mol. The molecule has 0 heterocycles. The first kappa shape index (κ1) is 14.7. The maximum Gasteiger partial charge on any atom is 0.252 e. The number of rotatable bonds is 7. The zero-order valence-corrected chi connectivity index (χ0v) is 11.1. The number of ether oxygens (including phenoxy) is 1. The summed E-state index contributed by atoms with van der Waals surface area (Å²) in [4.78, 5) is 13.8. The average molecular weight is 250 g/mol. The zero-order chi connectivity index (χ0) is 13.4. The van der Waals surface area contributed by atoms with Crippen molar-refractivity contribution in [3.63, 3.8) is 0 Å². The van der Waals surface area contributed by atoms with Crippen LogP contribution < -0.4 is 10.6 Å². The molecule has 1 aromatic rings. The molecule has 18 heavy (non-hydrogen) atoms. The van der Waals surface area contributed by atoms with Gasteiger partial charge in [0, 0.05) is 12.2 Å². The predicted molar refractivity (Wildman–Crippen MR) is 73.6 cm³/mol. The lowest BCUT2D eigenvalue weighted by Gasteiger charge is -2.23. The fourth-order valence-corrected chi connectivity index (χ4v) is 1.57. The molecule has 0 saturated heterocycles. The van der Waals surface area contributed by atoms with Crippen molar-refractivity contribution < 1.29 is 9.53 Å². The van der Waals surface area contributed by atoms with Crippen LogP contribution in [0.2, 0.25) is 0 Å². The standard InChI is InChI=1S/C14H22N2O2/c1-12(2)18-11-14(17)16(10-6-9-15)13-7-4-3-5-8-13/h3-5,7-8,12H,6,9-11,15H2,1-2H3. The highest BCUT2D eigenvalue weighted by atomic mass is 16.5. The van der Waals surface area contributed by atoms with Crippen molar-refractivity contribution in [3.05, 3.63) is 30.3 Å². The average Bonchev–Trinajstić information content (AvgIpc) is 2.38. The molecule has 0 unspecified atom stereocenters. The van der Waals surface area contributed by atoms with Crippen LogP contribution in [0.1, 0.15) is 20.3 Å². The van der Waals surface area contributed by atoms with Crippen LogP contribution in [0.15, 0.2) is 30.3 Å². The Morgan fingerprint density at radius 2 is 2.00 bits per heavy atom. The second-order valence-corrected chi connectivity index (χ2v) is 4.38. The summed E-state index contributed by atoms with van der Waals surface area (Å²) in [6.45, 7) is 5.14. The number of para-hydroxylation sites is 1. The maximum absolute atomic E-state index is 12.1. The Labute approximate surface area is 109 Å². The minimum atomic E-state index is -0.0247. The molecule has 2 N–H and O–H groups in total. The minimum Gasteiger partial charge on any atom is -0.369 e. The second kappa shape index (κ2) is 7.84. The van der Waals surface area contributed by atoms with E-state index in [-0.39, 0.29) is 18.6 Å².